The van der Waals surface area contributed by atoms with Crippen LogP contribution in [-0.4, -0.2) is 65.6 Å². The quantitative estimate of drug-likeness (QED) is 0.185. The van der Waals surface area contributed by atoms with Crippen LogP contribution in [0.4, 0.5) is 54.0 Å². The Balaban J connectivity index is 0.000000297. The van der Waals surface area contributed by atoms with E-state index in [0.29, 0.717) is 50.9 Å². The van der Waals surface area contributed by atoms with E-state index in [2.05, 4.69) is 10.1 Å². The van der Waals surface area contributed by atoms with Crippen LogP contribution >= 0.6 is 0 Å². The van der Waals surface area contributed by atoms with Crippen molar-refractivity contribution >= 4 is 17.6 Å². The number of carbonyl (C=O) groups is 2. The summed E-state index contributed by atoms with van der Waals surface area (Å²) in [6, 6.07) is 6.42. The van der Waals surface area contributed by atoms with Gasteiger partial charge in [0, 0.05) is 13.1 Å². The second-order valence-corrected chi connectivity index (χ2v) is 13.9. The molecule has 0 amide bonds. The summed E-state index contributed by atoms with van der Waals surface area (Å²) in [5, 5.41) is 3.20. The van der Waals surface area contributed by atoms with Gasteiger partial charge in [0.15, 0.2) is 11.6 Å². The number of benzene rings is 3. The lowest BCUT2D eigenvalue weighted by Crippen LogP contribution is -2.37. The van der Waals surface area contributed by atoms with Gasteiger partial charge in [0.2, 0.25) is 0 Å². The number of halogens is 11. The lowest BCUT2D eigenvalue weighted by molar-refractivity contribution is -0.149. The van der Waals surface area contributed by atoms with E-state index < -0.39 is 52.6 Å². The molecule has 0 spiro atoms. The molecule has 2 aliphatic rings. The van der Waals surface area contributed by atoms with E-state index in [1.807, 2.05) is 11.8 Å². The molecule has 0 aliphatic carbocycles. The lowest BCUT2D eigenvalue weighted by Gasteiger charge is -2.34. The summed E-state index contributed by atoms with van der Waals surface area (Å²) in [6.45, 7) is 11.4. The van der Waals surface area contributed by atoms with E-state index in [1.165, 1.54) is 33.9 Å². The molecule has 0 radical (unpaired) electrons. The van der Waals surface area contributed by atoms with Gasteiger partial charge in [-0.25, -0.2) is 8.78 Å². The highest BCUT2D eigenvalue weighted by Gasteiger charge is 2.36. The van der Waals surface area contributed by atoms with Gasteiger partial charge in [-0.1, -0.05) is 0 Å². The molecular formula is C42H51F11N2O6. The molecule has 1 N–H and O–H groups in total. The number of hydrogen-bond acceptors (Lipinski definition) is 8. The van der Waals surface area contributed by atoms with Gasteiger partial charge in [0.05, 0.1) is 61.6 Å². The Bertz CT molecular complexity index is 1870. The number of carbonyl (C=O) groups excluding carboxylic acids is 2. The summed E-state index contributed by atoms with van der Waals surface area (Å²) in [7, 11) is 2.48. The molecule has 0 saturated carbocycles. The van der Waals surface area contributed by atoms with E-state index >= 15 is 0 Å². The predicted molar refractivity (Wildman–Crippen MR) is 205 cm³/mol. The topological polar surface area (TPSA) is 86.3 Å². The maximum atomic E-state index is 13.0. The third-order valence-corrected chi connectivity index (χ3v) is 9.54. The third-order valence-electron chi connectivity index (χ3n) is 9.54. The number of hydrogen-bond donors (Lipinski definition) is 1. The Morgan fingerprint density at radius 3 is 1.48 bits per heavy atom. The number of aryl methyl sites for hydroxylation is 3. The number of alkyl halides is 9. The van der Waals surface area contributed by atoms with Crippen LogP contribution in [0.5, 0.6) is 11.5 Å². The third kappa shape index (κ3) is 16.2. The summed E-state index contributed by atoms with van der Waals surface area (Å²) >= 11 is 0. The molecule has 2 heterocycles. The molecule has 3 aromatic carbocycles. The van der Waals surface area contributed by atoms with Crippen LogP contribution in [0.1, 0.15) is 72.9 Å². The molecule has 5 rings (SSSR count). The van der Waals surface area contributed by atoms with Crippen molar-refractivity contribution in [1.82, 2.24) is 5.32 Å². The number of piperidine rings is 2. The predicted octanol–water partition coefficient (Wildman–Crippen LogP) is 10.7. The molecule has 19 heteroatoms. The number of ether oxygens (including phenoxy) is 4. The maximum absolute atomic E-state index is 13.0. The van der Waals surface area contributed by atoms with Crippen LogP contribution in [0.25, 0.3) is 0 Å². The van der Waals surface area contributed by atoms with Gasteiger partial charge in [0.25, 0.3) is 0 Å². The van der Waals surface area contributed by atoms with E-state index in [0.717, 1.165) is 63.4 Å². The highest BCUT2D eigenvalue weighted by molar-refractivity contribution is 5.73. The molecule has 2 saturated heterocycles. The molecule has 342 valence electrons. The fraction of sp³-hybridized carbons (Fsp3) is 0.524. The van der Waals surface area contributed by atoms with Crippen LogP contribution in [0.3, 0.4) is 0 Å². The van der Waals surface area contributed by atoms with Gasteiger partial charge in [0.1, 0.15) is 11.6 Å². The molecule has 0 atom stereocenters. The molecule has 0 unspecified atom stereocenters. The van der Waals surface area contributed by atoms with Crippen molar-refractivity contribution in [3.8, 4) is 11.5 Å². The molecule has 2 fully saturated rings. The fourth-order valence-electron chi connectivity index (χ4n) is 6.38. The molecule has 61 heavy (non-hydrogen) atoms. The Kier molecular flexibility index (Phi) is 20.1. The lowest BCUT2D eigenvalue weighted by atomic mass is 9.96. The maximum Gasteiger partial charge on any atom is 0.416 e. The number of rotatable bonds is 7. The summed E-state index contributed by atoms with van der Waals surface area (Å²) in [5.74, 6) is -1.87. The molecule has 0 aromatic heterocycles. The van der Waals surface area contributed by atoms with Gasteiger partial charge in [-0.15, -0.1) is 0 Å². The zero-order chi connectivity index (χ0) is 46.3. The standard InChI is InChI=1S/C17H22F3NO3.C9H8F4O.C8H6F4.C8H15NO2/c1-4-24-16(22)12-5-7-21(8-6-12)14-9-11(2)13(17(18,19)20)10-15(14)23-3;1-5-3-7(10)8(14-2)4-6(5)9(11,12)13;1-5-4-6(9)2-3-7(5)8(10,11)12;1-2-11-8(10)7-3-5-9-6-4-7/h9-10,12H,4-8H2,1-3H3;3-4H,1-2H3;2-4H,1H3;7,9H,2-6H2,1H3. The van der Waals surface area contributed by atoms with E-state index in [9.17, 15) is 57.9 Å². The zero-order valence-electron chi connectivity index (χ0n) is 34.8. The Morgan fingerprint density at radius 1 is 0.623 bits per heavy atom. The number of nitrogens with one attached hydrogen (secondary N) is 1. The SMILES string of the molecule is CCOC(=O)C1CCN(c2cc(C)c(C(F)(F)F)cc2OC)CC1.CCOC(=O)C1CCNCC1.COc1cc(C(F)(F)F)c(C)cc1F.Cc1cc(F)ccc1C(F)(F)F. The van der Waals surface area contributed by atoms with E-state index in [1.54, 1.807) is 6.92 Å². The Hall–Kier alpha value is -4.81. The molecule has 3 aromatic rings. The molecule has 8 nitrogen and oxygen atoms in total. The van der Waals surface area contributed by atoms with Crippen molar-refractivity contribution < 1.29 is 76.8 Å². The normalized spacial score (nSPS) is 14.9. The Morgan fingerprint density at radius 2 is 1.05 bits per heavy atom. The van der Waals surface area contributed by atoms with Crippen molar-refractivity contribution in [3.05, 3.63) is 87.5 Å². The first-order chi connectivity index (χ1) is 28.4. The van der Waals surface area contributed by atoms with E-state index in [-0.39, 0.29) is 46.2 Å². The first kappa shape index (κ1) is 52.3. The summed E-state index contributed by atoms with van der Waals surface area (Å²) in [4.78, 5) is 24.9. The largest absolute Gasteiger partial charge is 0.495 e. The fourth-order valence-corrected chi connectivity index (χ4v) is 6.38. The highest BCUT2D eigenvalue weighted by atomic mass is 19.4. The average Bonchev–Trinajstić information content (AvgIpc) is 3.17. The van der Waals surface area contributed by atoms with Crippen molar-refractivity contribution in [2.45, 2.75) is 78.8 Å². The van der Waals surface area contributed by atoms with E-state index in [4.69, 9.17) is 14.2 Å². The monoisotopic (exact) mass is 888 g/mol. The number of methoxy groups -OCH3 is 2. The minimum absolute atomic E-state index is 0.0194. The molecule has 0 bridgehead atoms. The average molecular weight is 889 g/mol. The van der Waals surface area contributed by atoms with Gasteiger partial charge in [-0.05, 0) is 133 Å². The van der Waals surface area contributed by atoms with Gasteiger partial charge < -0.3 is 29.2 Å². The van der Waals surface area contributed by atoms with Crippen LogP contribution in [0.15, 0.2) is 42.5 Å². The summed E-state index contributed by atoms with van der Waals surface area (Å²) in [6.07, 6.45) is -10.2. The van der Waals surface area contributed by atoms with Gasteiger partial charge >= 0.3 is 30.5 Å². The zero-order valence-corrected chi connectivity index (χ0v) is 34.8. The molecule has 2 aliphatic heterocycles. The summed E-state index contributed by atoms with van der Waals surface area (Å²) < 4.78 is 157. The number of nitrogens with zero attached hydrogens (tertiary/aromatic N) is 1. The van der Waals surface area contributed by atoms with Gasteiger partial charge in [-0.2, -0.15) is 39.5 Å². The van der Waals surface area contributed by atoms with Crippen LogP contribution in [-0.2, 0) is 37.6 Å². The number of esters is 2. The van der Waals surface area contributed by atoms with Crippen molar-refractivity contribution in [2.24, 2.45) is 11.8 Å². The minimum Gasteiger partial charge on any atom is -0.495 e. The smallest absolute Gasteiger partial charge is 0.416 e. The van der Waals surface area contributed by atoms with Crippen LogP contribution in [0, 0.1) is 44.2 Å². The van der Waals surface area contributed by atoms with Crippen molar-refractivity contribution in [1.29, 1.82) is 0 Å². The minimum atomic E-state index is -4.48. The van der Waals surface area contributed by atoms with Crippen molar-refractivity contribution in [2.75, 3.05) is 58.5 Å². The first-order valence-corrected chi connectivity index (χ1v) is 19.2. The molecular weight excluding hydrogens is 837 g/mol. The second-order valence-electron chi connectivity index (χ2n) is 13.9. The Labute approximate surface area is 347 Å². The van der Waals surface area contributed by atoms with Crippen LogP contribution < -0.4 is 19.7 Å². The summed E-state index contributed by atoms with van der Waals surface area (Å²) in [5.41, 5.74) is -1.82. The van der Waals surface area contributed by atoms with Crippen LogP contribution in [0.2, 0.25) is 0 Å². The second kappa shape index (κ2) is 23.4. The number of anilines is 1. The highest BCUT2D eigenvalue weighted by Crippen LogP contribution is 2.40. The van der Waals surface area contributed by atoms with Gasteiger partial charge in [-0.3, -0.25) is 9.59 Å². The first-order valence-electron chi connectivity index (χ1n) is 19.2. The van der Waals surface area contributed by atoms with Crippen molar-refractivity contribution in [3.63, 3.8) is 0 Å².